The molecule has 4 rings (SSSR count). The smallest absolute Gasteiger partial charge is 0.370 e. The summed E-state index contributed by atoms with van der Waals surface area (Å²) in [6.45, 7) is 1.53. The molecule has 0 radical (unpaired) electrons. The number of amides is 1. The van der Waals surface area contributed by atoms with Crippen LogP contribution >= 0.6 is 0 Å². The van der Waals surface area contributed by atoms with Crippen LogP contribution < -0.4 is 16.8 Å². The first-order valence-corrected chi connectivity index (χ1v) is 11.8. The summed E-state index contributed by atoms with van der Waals surface area (Å²) >= 11 is 0. The van der Waals surface area contributed by atoms with Gasteiger partial charge in [-0.3, -0.25) is 15.6 Å². The predicted molar refractivity (Wildman–Crippen MR) is 138 cm³/mol. The third kappa shape index (κ3) is 5.79. The third-order valence-electron chi connectivity index (χ3n) is 6.61. The van der Waals surface area contributed by atoms with Gasteiger partial charge in [-0.15, -0.1) is 0 Å². The molecular weight excluding hydrogens is 502 g/mol. The molecule has 0 aromatic heterocycles. The quantitative estimate of drug-likeness (QED) is 0.231. The Morgan fingerprint density at radius 2 is 1.50 bits per heavy atom. The van der Waals surface area contributed by atoms with E-state index in [2.05, 4.69) is 5.32 Å². The van der Waals surface area contributed by atoms with Gasteiger partial charge in [0.15, 0.2) is 11.9 Å². The molecule has 2 aromatic rings. The average molecular weight is 530 g/mol. The van der Waals surface area contributed by atoms with Crippen molar-refractivity contribution in [2.24, 2.45) is 11.5 Å². The molecular formula is C26H27F4N7O. The van der Waals surface area contributed by atoms with Crippen LogP contribution in [0.4, 0.5) is 23.2 Å². The Kier molecular flexibility index (Phi) is 7.42. The number of carbonyl (C=O) groups excluding carboxylic acids is 1. The lowest BCUT2D eigenvalue weighted by molar-refractivity contribution is -0.137. The number of alkyl halides is 3. The molecule has 0 unspecified atom stereocenters. The normalized spacial score (nSPS) is 16.0. The SMILES string of the molecule is N=C(N)N1CC=C(c2ccc(C(=O)Nc3ccc(C4=CCN(C(=N)N)CC4)c(F)c3)c(C(F)(F)F)c2)CC1. The van der Waals surface area contributed by atoms with Gasteiger partial charge in [0, 0.05) is 37.4 Å². The lowest BCUT2D eigenvalue weighted by Crippen LogP contribution is -2.39. The fourth-order valence-corrected chi connectivity index (χ4v) is 4.51. The van der Waals surface area contributed by atoms with Crippen molar-refractivity contribution in [2.45, 2.75) is 19.0 Å². The highest BCUT2D eigenvalue weighted by Crippen LogP contribution is 2.36. The number of rotatable bonds is 4. The van der Waals surface area contributed by atoms with Gasteiger partial charge in [0.1, 0.15) is 5.82 Å². The van der Waals surface area contributed by atoms with E-state index in [1.54, 1.807) is 22.0 Å². The van der Waals surface area contributed by atoms with Crippen molar-refractivity contribution in [3.05, 3.63) is 76.6 Å². The molecule has 0 saturated carbocycles. The van der Waals surface area contributed by atoms with Crippen molar-refractivity contribution in [1.82, 2.24) is 9.80 Å². The first-order valence-electron chi connectivity index (χ1n) is 11.8. The molecule has 8 nitrogen and oxygen atoms in total. The van der Waals surface area contributed by atoms with E-state index in [1.807, 2.05) is 0 Å². The fourth-order valence-electron chi connectivity index (χ4n) is 4.51. The van der Waals surface area contributed by atoms with Gasteiger partial charge < -0.3 is 26.6 Å². The van der Waals surface area contributed by atoms with Gasteiger partial charge in [-0.25, -0.2) is 4.39 Å². The third-order valence-corrected chi connectivity index (χ3v) is 6.61. The highest BCUT2D eigenvalue weighted by atomic mass is 19.4. The molecule has 200 valence electrons. The fraction of sp³-hybridized carbons (Fsp3) is 0.269. The summed E-state index contributed by atoms with van der Waals surface area (Å²) in [4.78, 5) is 16.1. The number of benzene rings is 2. The summed E-state index contributed by atoms with van der Waals surface area (Å²) in [6.07, 6.45) is -0.453. The summed E-state index contributed by atoms with van der Waals surface area (Å²) in [5, 5.41) is 17.3. The maximum Gasteiger partial charge on any atom is 0.417 e. The lowest BCUT2D eigenvalue weighted by Gasteiger charge is -2.27. The Hall–Kier alpha value is -4.35. The van der Waals surface area contributed by atoms with Crippen LogP contribution in [0.2, 0.25) is 0 Å². The van der Waals surface area contributed by atoms with Crippen molar-refractivity contribution in [2.75, 3.05) is 31.5 Å². The first kappa shape index (κ1) is 26.7. The zero-order chi connectivity index (χ0) is 27.6. The summed E-state index contributed by atoms with van der Waals surface area (Å²) in [6, 6.07) is 7.47. The molecule has 0 spiro atoms. The van der Waals surface area contributed by atoms with E-state index in [1.165, 1.54) is 18.2 Å². The molecule has 2 aliphatic rings. The largest absolute Gasteiger partial charge is 0.417 e. The second-order valence-corrected chi connectivity index (χ2v) is 9.03. The van der Waals surface area contributed by atoms with Crippen molar-refractivity contribution in [3.63, 3.8) is 0 Å². The topological polar surface area (TPSA) is 135 Å². The Morgan fingerprint density at radius 1 is 0.895 bits per heavy atom. The molecule has 0 fully saturated rings. The van der Waals surface area contributed by atoms with E-state index in [0.29, 0.717) is 55.7 Å². The summed E-state index contributed by atoms with van der Waals surface area (Å²) < 4.78 is 56.6. The number of nitrogens with two attached hydrogens (primary N) is 2. The molecule has 0 bridgehead atoms. The van der Waals surface area contributed by atoms with Crippen molar-refractivity contribution in [1.29, 1.82) is 10.8 Å². The van der Waals surface area contributed by atoms with E-state index in [0.717, 1.165) is 23.8 Å². The predicted octanol–water partition coefficient (Wildman–Crippen LogP) is 4.06. The maximum absolute atomic E-state index is 14.9. The highest BCUT2D eigenvalue weighted by Gasteiger charge is 2.36. The second kappa shape index (κ2) is 10.6. The Labute approximate surface area is 216 Å². The van der Waals surface area contributed by atoms with Gasteiger partial charge in [-0.05, 0) is 59.9 Å². The summed E-state index contributed by atoms with van der Waals surface area (Å²) in [5.41, 5.74) is 11.3. The summed E-state index contributed by atoms with van der Waals surface area (Å²) in [7, 11) is 0. The van der Waals surface area contributed by atoms with E-state index in [-0.39, 0.29) is 17.6 Å². The minimum Gasteiger partial charge on any atom is -0.370 e. The molecule has 7 N–H and O–H groups in total. The summed E-state index contributed by atoms with van der Waals surface area (Å²) in [5.74, 6) is -1.81. The number of nitrogens with one attached hydrogen (secondary N) is 3. The number of hydrogen-bond donors (Lipinski definition) is 5. The monoisotopic (exact) mass is 529 g/mol. The van der Waals surface area contributed by atoms with Gasteiger partial charge >= 0.3 is 6.18 Å². The molecule has 0 aliphatic carbocycles. The molecule has 2 aromatic carbocycles. The van der Waals surface area contributed by atoms with Gasteiger partial charge in [0.05, 0.1) is 11.1 Å². The maximum atomic E-state index is 14.9. The minimum absolute atomic E-state index is 0.0227. The van der Waals surface area contributed by atoms with Crippen LogP contribution in [-0.4, -0.2) is 53.8 Å². The molecule has 1 amide bonds. The number of anilines is 1. The van der Waals surface area contributed by atoms with Crippen LogP contribution in [0.5, 0.6) is 0 Å². The van der Waals surface area contributed by atoms with Gasteiger partial charge in [-0.1, -0.05) is 18.2 Å². The van der Waals surface area contributed by atoms with Crippen LogP contribution in [-0.2, 0) is 6.18 Å². The number of halogens is 4. The number of carbonyl (C=O) groups is 1. The molecule has 2 heterocycles. The molecule has 38 heavy (non-hydrogen) atoms. The Balaban J connectivity index is 1.54. The van der Waals surface area contributed by atoms with Crippen LogP contribution in [0, 0.1) is 16.6 Å². The van der Waals surface area contributed by atoms with Gasteiger partial charge in [-0.2, -0.15) is 13.2 Å². The lowest BCUT2D eigenvalue weighted by atomic mass is 9.94. The molecule has 0 saturated heterocycles. The average Bonchev–Trinajstić information content (AvgIpc) is 2.88. The molecule has 2 aliphatic heterocycles. The van der Waals surface area contributed by atoms with Crippen molar-refractivity contribution >= 4 is 34.7 Å². The zero-order valence-electron chi connectivity index (χ0n) is 20.3. The zero-order valence-corrected chi connectivity index (χ0v) is 20.3. The van der Waals surface area contributed by atoms with E-state index < -0.39 is 29.0 Å². The number of nitrogens with zero attached hydrogens (tertiary/aromatic N) is 2. The second-order valence-electron chi connectivity index (χ2n) is 9.03. The highest BCUT2D eigenvalue weighted by molar-refractivity contribution is 6.05. The van der Waals surface area contributed by atoms with E-state index in [4.69, 9.17) is 22.3 Å². The van der Waals surface area contributed by atoms with E-state index >= 15 is 0 Å². The van der Waals surface area contributed by atoms with Crippen molar-refractivity contribution < 1.29 is 22.4 Å². The molecule has 0 atom stereocenters. The Bertz CT molecular complexity index is 1350. The number of guanidine groups is 2. The van der Waals surface area contributed by atoms with Gasteiger partial charge in [0.25, 0.3) is 5.91 Å². The minimum atomic E-state index is -4.79. The molecule has 12 heteroatoms. The first-order chi connectivity index (χ1) is 17.9. The standard InChI is InChI=1S/C26H27F4N7O/c27-22-14-18(2-4-19(22)16-7-11-37(12-8-16)25(33)34)35-23(38)20-3-1-17(13-21(20)26(28,29)30)15-5-9-36(10-6-15)24(31)32/h1-5,7,13-14H,6,8-12H2,(H3,31,32)(H3,33,34)(H,35,38). The van der Waals surface area contributed by atoms with Gasteiger partial charge in [0.2, 0.25) is 0 Å². The van der Waals surface area contributed by atoms with Crippen LogP contribution in [0.3, 0.4) is 0 Å². The Morgan fingerprint density at radius 3 is 2.00 bits per heavy atom. The van der Waals surface area contributed by atoms with E-state index in [9.17, 15) is 22.4 Å². The van der Waals surface area contributed by atoms with Crippen LogP contribution in [0.15, 0.2) is 48.6 Å². The van der Waals surface area contributed by atoms with Crippen LogP contribution in [0.1, 0.15) is 39.9 Å². The number of hydrogen-bond acceptors (Lipinski definition) is 3. The van der Waals surface area contributed by atoms with Crippen molar-refractivity contribution in [3.8, 4) is 0 Å². The van der Waals surface area contributed by atoms with Crippen LogP contribution in [0.25, 0.3) is 11.1 Å².